The quantitative estimate of drug-likeness (QED) is 0.418. The van der Waals surface area contributed by atoms with Gasteiger partial charge < -0.3 is 0 Å². The molecule has 12 heteroatoms. The summed E-state index contributed by atoms with van der Waals surface area (Å²) in [6.07, 6.45) is -2.24. The minimum atomic E-state index is -4.74. The summed E-state index contributed by atoms with van der Waals surface area (Å²) in [5, 5.41) is 10.9. The lowest BCUT2D eigenvalue weighted by Crippen LogP contribution is -2.42. The molecule has 0 bridgehead atoms. The van der Waals surface area contributed by atoms with Crippen LogP contribution in [0.3, 0.4) is 0 Å². The van der Waals surface area contributed by atoms with Gasteiger partial charge in [0.05, 0.1) is 22.5 Å². The molecule has 0 fully saturated rings. The van der Waals surface area contributed by atoms with Crippen molar-refractivity contribution < 1.29 is 21.6 Å². The maximum atomic E-state index is 12.8. The fourth-order valence-corrected chi connectivity index (χ4v) is 4.73. The van der Waals surface area contributed by atoms with Crippen LogP contribution < -0.4 is 4.72 Å². The van der Waals surface area contributed by atoms with Gasteiger partial charge in [-0.05, 0) is 49.4 Å². The zero-order chi connectivity index (χ0) is 24.7. The molecule has 4 aromatic rings. The van der Waals surface area contributed by atoms with Gasteiger partial charge in [-0.2, -0.15) is 23.2 Å². The Kier molecular flexibility index (Phi) is 6.07. The number of nitriles is 1. The number of fused-ring (bicyclic) bond motifs is 1. The molecular formula is C22H15ClF3N5O2S. The Morgan fingerprint density at radius 2 is 1.91 bits per heavy atom. The second-order valence-electron chi connectivity index (χ2n) is 7.28. The van der Waals surface area contributed by atoms with Crippen molar-refractivity contribution in [3.8, 4) is 23.3 Å². The number of hydrogen-bond donors (Lipinski definition) is 1. The summed E-state index contributed by atoms with van der Waals surface area (Å²) in [5.41, 5.74) is 1.39. The molecule has 0 spiro atoms. The van der Waals surface area contributed by atoms with Crippen molar-refractivity contribution in [1.29, 1.82) is 5.26 Å². The molecule has 1 N–H and O–H groups in total. The van der Waals surface area contributed by atoms with E-state index in [-0.39, 0.29) is 11.3 Å². The monoisotopic (exact) mass is 505 g/mol. The molecule has 0 saturated heterocycles. The maximum absolute atomic E-state index is 12.8. The van der Waals surface area contributed by atoms with E-state index in [1.807, 2.05) is 0 Å². The van der Waals surface area contributed by atoms with Gasteiger partial charge in [0.15, 0.2) is 0 Å². The van der Waals surface area contributed by atoms with Gasteiger partial charge in [0.1, 0.15) is 22.8 Å². The first-order chi connectivity index (χ1) is 16.0. The van der Waals surface area contributed by atoms with E-state index in [0.717, 1.165) is 12.3 Å². The van der Waals surface area contributed by atoms with E-state index in [9.17, 15) is 26.9 Å². The Hall–Kier alpha value is -3.46. The molecule has 34 heavy (non-hydrogen) atoms. The molecule has 0 aliphatic rings. The van der Waals surface area contributed by atoms with Crippen LogP contribution in [-0.4, -0.2) is 35.2 Å². The zero-order valence-corrected chi connectivity index (χ0v) is 18.9. The number of aromatic nitrogens is 3. The highest BCUT2D eigenvalue weighted by Gasteiger charge is 2.39. The summed E-state index contributed by atoms with van der Waals surface area (Å²) in [7, 11) is -4.48. The molecule has 3 aromatic heterocycles. The largest absolute Gasteiger partial charge is 0.404 e. The van der Waals surface area contributed by atoms with Crippen LogP contribution in [0.25, 0.3) is 28.1 Å². The van der Waals surface area contributed by atoms with Gasteiger partial charge in [-0.15, -0.1) is 0 Å². The van der Waals surface area contributed by atoms with Crippen LogP contribution in [0.15, 0.2) is 65.8 Å². The number of benzene rings is 1. The van der Waals surface area contributed by atoms with Crippen molar-refractivity contribution in [3.05, 3.63) is 71.5 Å². The lowest BCUT2D eigenvalue weighted by molar-refractivity contribution is -0.147. The predicted octanol–water partition coefficient (Wildman–Crippen LogP) is 4.84. The summed E-state index contributed by atoms with van der Waals surface area (Å²) in [5.74, 6) is 0.463. The van der Waals surface area contributed by atoms with Crippen molar-refractivity contribution in [1.82, 2.24) is 19.3 Å². The maximum Gasteiger partial charge on any atom is 0.404 e. The summed E-state index contributed by atoms with van der Waals surface area (Å²) in [6.45, 7) is 0.703. The zero-order valence-electron chi connectivity index (χ0n) is 17.4. The van der Waals surface area contributed by atoms with E-state index in [4.69, 9.17) is 11.6 Å². The number of halogens is 4. The highest BCUT2D eigenvalue weighted by molar-refractivity contribution is 7.89. The van der Waals surface area contributed by atoms with Crippen LogP contribution >= 0.6 is 11.6 Å². The molecule has 0 amide bonds. The predicted molar refractivity (Wildman–Crippen MR) is 120 cm³/mol. The normalized spacial score (nSPS) is 13.1. The first-order valence-electron chi connectivity index (χ1n) is 9.74. The van der Waals surface area contributed by atoms with E-state index in [1.54, 1.807) is 51.9 Å². The van der Waals surface area contributed by atoms with Gasteiger partial charge in [-0.3, -0.25) is 9.55 Å². The Morgan fingerprint density at radius 1 is 1.15 bits per heavy atom. The molecule has 174 valence electrons. The number of hydrogen-bond acceptors (Lipinski definition) is 5. The van der Waals surface area contributed by atoms with Gasteiger partial charge in [-0.25, -0.2) is 13.4 Å². The van der Waals surface area contributed by atoms with Crippen LogP contribution in [0.5, 0.6) is 0 Å². The topological polar surface area (TPSA) is 101 Å². The Balaban J connectivity index is 1.87. The third-order valence-electron chi connectivity index (χ3n) is 5.03. The van der Waals surface area contributed by atoms with Crippen LogP contribution in [0.4, 0.5) is 13.2 Å². The van der Waals surface area contributed by atoms with Crippen molar-refractivity contribution in [2.24, 2.45) is 0 Å². The van der Waals surface area contributed by atoms with E-state index in [1.165, 1.54) is 6.07 Å². The Bertz CT molecular complexity index is 1510. The first-order valence-corrected chi connectivity index (χ1v) is 11.6. The van der Waals surface area contributed by atoms with Crippen LogP contribution in [-0.2, 0) is 10.0 Å². The fraction of sp³-hybridized carbons (Fsp3) is 0.136. The molecule has 0 radical (unpaired) electrons. The standard InChI is InChI=1S/C22H15ClF3N5O2S/c1-13(22(24,25)26)30-34(32,33)15-6-8-18(29-12-15)21-17(11-27)16-7-5-14(23)10-19(16)31(21)20-4-2-3-9-28-20/h2-10,12-13,30H,1H3/t13-/m1/s1. The minimum absolute atomic E-state index is 0.220. The molecule has 0 aliphatic carbocycles. The molecule has 1 aromatic carbocycles. The van der Waals surface area contributed by atoms with Gasteiger partial charge in [0, 0.05) is 22.8 Å². The number of nitrogens with zero attached hydrogens (tertiary/aromatic N) is 4. The Labute approximate surface area is 197 Å². The molecule has 1 atom stereocenters. The van der Waals surface area contributed by atoms with Crippen molar-refractivity contribution in [2.75, 3.05) is 0 Å². The highest BCUT2D eigenvalue weighted by atomic mass is 35.5. The van der Waals surface area contributed by atoms with Crippen LogP contribution in [0, 0.1) is 11.3 Å². The van der Waals surface area contributed by atoms with E-state index < -0.39 is 27.1 Å². The fourth-order valence-electron chi connectivity index (χ4n) is 3.39. The SMILES string of the molecule is C[C@@H](NS(=O)(=O)c1ccc(-c2c(C#N)c3ccc(Cl)cc3n2-c2ccccn2)nc1)C(F)(F)F. The smallest absolute Gasteiger partial charge is 0.291 e. The first kappa shape index (κ1) is 23.7. The molecular weight excluding hydrogens is 491 g/mol. The number of pyridine rings is 2. The minimum Gasteiger partial charge on any atom is -0.291 e. The van der Waals surface area contributed by atoms with E-state index >= 15 is 0 Å². The molecule has 0 saturated carbocycles. The van der Waals surface area contributed by atoms with Gasteiger partial charge in [-0.1, -0.05) is 17.7 Å². The second kappa shape index (κ2) is 8.72. The summed E-state index contributed by atoms with van der Waals surface area (Å²) < 4.78 is 66.5. The lowest BCUT2D eigenvalue weighted by Gasteiger charge is -2.17. The van der Waals surface area contributed by atoms with Crippen LogP contribution in [0.1, 0.15) is 12.5 Å². The van der Waals surface area contributed by atoms with Crippen LogP contribution in [0.2, 0.25) is 5.02 Å². The molecule has 7 nitrogen and oxygen atoms in total. The third-order valence-corrected chi connectivity index (χ3v) is 6.79. The number of nitrogens with one attached hydrogen (secondary N) is 1. The molecule has 4 rings (SSSR count). The van der Waals surface area contributed by atoms with Crippen molar-refractivity contribution >= 4 is 32.5 Å². The van der Waals surface area contributed by atoms with Crippen molar-refractivity contribution in [2.45, 2.75) is 24.0 Å². The average molecular weight is 506 g/mol. The third kappa shape index (κ3) is 4.35. The lowest BCUT2D eigenvalue weighted by atomic mass is 10.1. The van der Waals surface area contributed by atoms with E-state index in [2.05, 4.69) is 16.0 Å². The van der Waals surface area contributed by atoms with Crippen molar-refractivity contribution in [3.63, 3.8) is 0 Å². The summed E-state index contributed by atoms with van der Waals surface area (Å²) in [6, 6.07) is 12.5. The average Bonchev–Trinajstić information content (AvgIpc) is 3.12. The summed E-state index contributed by atoms with van der Waals surface area (Å²) >= 11 is 6.19. The van der Waals surface area contributed by atoms with Gasteiger partial charge in [0.2, 0.25) is 10.0 Å². The van der Waals surface area contributed by atoms with Gasteiger partial charge in [0.25, 0.3) is 0 Å². The highest BCUT2D eigenvalue weighted by Crippen LogP contribution is 2.36. The van der Waals surface area contributed by atoms with Gasteiger partial charge >= 0.3 is 6.18 Å². The molecule has 0 aliphatic heterocycles. The Morgan fingerprint density at radius 3 is 2.50 bits per heavy atom. The van der Waals surface area contributed by atoms with E-state index in [0.29, 0.717) is 34.4 Å². The second-order valence-corrected chi connectivity index (χ2v) is 9.43. The molecule has 0 unspecified atom stereocenters. The number of alkyl halides is 3. The summed E-state index contributed by atoms with van der Waals surface area (Å²) in [4.78, 5) is 8.06. The number of sulfonamides is 1. The molecule has 3 heterocycles. The number of rotatable bonds is 5.